The Hall–Kier alpha value is -0.730. The minimum absolute atomic E-state index is 0.293. The molecule has 1 aromatic rings. The summed E-state index contributed by atoms with van der Waals surface area (Å²) >= 11 is 11.3. The van der Waals surface area contributed by atoms with Gasteiger partial charge in [-0.3, -0.25) is 0 Å². The van der Waals surface area contributed by atoms with E-state index in [1.165, 1.54) is 0 Å². The van der Waals surface area contributed by atoms with Gasteiger partial charge in [0.1, 0.15) is 0 Å². The molecule has 0 radical (unpaired) electrons. The maximum absolute atomic E-state index is 11.6. The van der Waals surface area contributed by atoms with Crippen molar-refractivity contribution in [1.29, 1.82) is 0 Å². The normalized spacial score (nSPS) is 10.2. The van der Waals surface area contributed by atoms with Gasteiger partial charge in [0.25, 0.3) is 0 Å². The number of carbonyl (C=O) groups excluding carboxylic acids is 1. The third-order valence-electron chi connectivity index (χ3n) is 2.34. The molecule has 0 bridgehead atoms. The average molecular weight is 275 g/mol. The smallest absolute Gasteiger partial charge is 0.338 e. The summed E-state index contributed by atoms with van der Waals surface area (Å²) in [5, 5.41) is 0.614. The standard InChI is InChI=1S/C13H16Cl2O2/c14-9-3-1-2-4-10-17-13(16)11-5-7-12(15)8-6-11/h5-8H,1-4,9-10H2. The minimum Gasteiger partial charge on any atom is -0.462 e. The zero-order valence-electron chi connectivity index (χ0n) is 9.62. The van der Waals surface area contributed by atoms with Crippen molar-refractivity contribution in [2.45, 2.75) is 25.7 Å². The highest BCUT2D eigenvalue weighted by Crippen LogP contribution is 2.10. The van der Waals surface area contributed by atoms with Crippen molar-refractivity contribution < 1.29 is 9.53 Å². The second-order valence-electron chi connectivity index (χ2n) is 3.75. The van der Waals surface area contributed by atoms with Crippen LogP contribution in [0.5, 0.6) is 0 Å². The predicted octanol–water partition coefficient (Wildman–Crippen LogP) is 4.30. The molecule has 0 aliphatic carbocycles. The van der Waals surface area contributed by atoms with Crippen molar-refractivity contribution in [3.8, 4) is 0 Å². The van der Waals surface area contributed by atoms with Crippen molar-refractivity contribution in [1.82, 2.24) is 0 Å². The number of halogens is 2. The summed E-state index contributed by atoms with van der Waals surface area (Å²) in [6, 6.07) is 6.69. The van der Waals surface area contributed by atoms with Crippen LogP contribution in [-0.4, -0.2) is 18.5 Å². The molecule has 0 aliphatic rings. The molecule has 0 spiro atoms. The van der Waals surface area contributed by atoms with Gasteiger partial charge < -0.3 is 4.74 Å². The number of esters is 1. The first-order valence-corrected chi connectivity index (χ1v) is 6.64. The molecule has 2 nitrogen and oxygen atoms in total. The average Bonchev–Trinajstić information content (AvgIpc) is 2.34. The number of hydrogen-bond donors (Lipinski definition) is 0. The molecule has 17 heavy (non-hydrogen) atoms. The SMILES string of the molecule is O=C(OCCCCCCCl)c1ccc(Cl)cc1. The Kier molecular flexibility index (Phi) is 7.06. The molecule has 0 atom stereocenters. The minimum atomic E-state index is -0.293. The van der Waals surface area contributed by atoms with E-state index >= 15 is 0 Å². The van der Waals surface area contributed by atoms with Crippen LogP contribution in [0.15, 0.2) is 24.3 Å². The maximum Gasteiger partial charge on any atom is 0.338 e. The molecular formula is C13H16Cl2O2. The molecule has 4 heteroatoms. The van der Waals surface area contributed by atoms with E-state index in [-0.39, 0.29) is 5.97 Å². The monoisotopic (exact) mass is 274 g/mol. The van der Waals surface area contributed by atoms with Crippen LogP contribution in [0.3, 0.4) is 0 Å². The lowest BCUT2D eigenvalue weighted by molar-refractivity contribution is 0.0498. The molecule has 0 aliphatic heterocycles. The second-order valence-corrected chi connectivity index (χ2v) is 4.56. The third kappa shape index (κ3) is 5.94. The van der Waals surface area contributed by atoms with E-state index in [0.29, 0.717) is 23.1 Å². The van der Waals surface area contributed by atoms with Crippen LogP contribution in [0.2, 0.25) is 5.02 Å². The summed E-state index contributed by atoms with van der Waals surface area (Å²) < 4.78 is 5.13. The molecule has 0 fully saturated rings. The number of alkyl halides is 1. The first-order valence-electron chi connectivity index (χ1n) is 5.72. The van der Waals surface area contributed by atoms with E-state index in [1.807, 2.05) is 0 Å². The fourth-order valence-corrected chi connectivity index (χ4v) is 1.70. The summed E-state index contributed by atoms with van der Waals surface area (Å²) in [4.78, 5) is 11.6. The highest BCUT2D eigenvalue weighted by Gasteiger charge is 2.05. The highest BCUT2D eigenvalue weighted by atomic mass is 35.5. The molecule has 1 aromatic carbocycles. The van der Waals surface area contributed by atoms with Gasteiger partial charge in [-0.25, -0.2) is 4.79 Å². The van der Waals surface area contributed by atoms with E-state index in [1.54, 1.807) is 24.3 Å². The van der Waals surface area contributed by atoms with E-state index in [2.05, 4.69) is 0 Å². The number of benzene rings is 1. The van der Waals surface area contributed by atoms with Crippen LogP contribution in [0.4, 0.5) is 0 Å². The van der Waals surface area contributed by atoms with E-state index in [9.17, 15) is 4.79 Å². The third-order valence-corrected chi connectivity index (χ3v) is 2.86. The number of hydrogen-bond acceptors (Lipinski definition) is 2. The van der Waals surface area contributed by atoms with Gasteiger partial charge in [0, 0.05) is 10.9 Å². The Labute approximate surface area is 112 Å². The van der Waals surface area contributed by atoms with Crippen molar-refractivity contribution in [2.75, 3.05) is 12.5 Å². The molecule has 0 amide bonds. The Morgan fingerprint density at radius 3 is 2.35 bits per heavy atom. The van der Waals surface area contributed by atoms with Gasteiger partial charge in [-0.05, 0) is 37.1 Å². The quantitative estimate of drug-likeness (QED) is 0.421. The maximum atomic E-state index is 11.6. The van der Waals surface area contributed by atoms with Crippen LogP contribution in [0.1, 0.15) is 36.0 Å². The number of ether oxygens (including phenoxy) is 1. The number of rotatable bonds is 7. The van der Waals surface area contributed by atoms with Gasteiger partial charge in [-0.1, -0.05) is 24.4 Å². The van der Waals surface area contributed by atoms with Crippen LogP contribution in [0.25, 0.3) is 0 Å². The van der Waals surface area contributed by atoms with Gasteiger partial charge in [0.2, 0.25) is 0 Å². The first kappa shape index (κ1) is 14.3. The molecule has 0 saturated heterocycles. The number of carbonyl (C=O) groups is 1. The van der Waals surface area contributed by atoms with Crippen molar-refractivity contribution in [2.24, 2.45) is 0 Å². The zero-order valence-corrected chi connectivity index (χ0v) is 11.1. The van der Waals surface area contributed by atoms with Crippen LogP contribution >= 0.6 is 23.2 Å². The van der Waals surface area contributed by atoms with E-state index in [4.69, 9.17) is 27.9 Å². The molecule has 0 aromatic heterocycles. The lowest BCUT2D eigenvalue weighted by atomic mass is 10.2. The highest BCUT2D eigenvalue weighted by molar-refractivity contribution is 6.30. The molecule has 0 unspecified atom stereocenters. The summed E-state index contributed by atoms with van der Waals surface area (Å²) in [6.07, 6.45) is 4.03. The largest absolute Gasteiger partial charge is 0.462 e. The Morgan fingerprint density at radius 1 is 1.06 bits per heavy atom. The predicted molar refractivity (Wildman–Crippen MR) is 70.9 cm³/mol. The second kappa shape index (κ2) is 8.37. The van der Waals surface area contributed by atoms with Gasteiger partial charge in [-0.2, -0.15) is 0 Å². The zero-order chi connectivity index (χ0) is 12.5. The Balaban J connectivity index is 2.19. The Morgan fingerprint density at radius 2 is 1.71 bits per heavy atom. The fraction of sp³-hybridized carbons (Fsp3) is 0.462. The van der Waals surface area contributed by atoms with Crippen LogP contribution in [0, 0.1) is 0 Å². The van der Waals surface area contributed by atoms with Crippen molar-refractivity contribution in [3.63, 3.8) is 0 Å². The lowest BCUT2D eigenvalue weighted by Crippen LogP contribution is -2.06. The van der Waals surface area contributed by atoms with Crippen molar-refractivity contribution in [3.05, 3.63) is 34.9 Å². The van der Waals surface area contributed by atoms with Gasteiger partial charge >= 0.3 is 5.97 Å². The van der Waals surface area contributed by atoms with Crippen LogP contribution < -0.4 is 0 Å². The van der Waals surface area contributed by atoms with E-state index in [0.717, 1.165) is 25.7 Å². The Bertz CT molecular complexity index is 336. The van der Waals surface area contributed by atoms with E-state index < -0.39 is 0 Å². The molecular weight excluding hydrogens is 259 g/mol. The summed E-state index contributed by atoms with van der Waals surface area (Å²) in [6.45, 7) is 0.462. The van der Waals surface area contributed by atoms with Crippen molar-refractivity contribution >= 4 is 29.2 Å². The molecule has 1 rings (SSSR count). The summed E-state index contributed by atoms with van der Waals surface area (Å²) in [7, 11) is 0. The molecule has 94 valence electrons. The lowest BCUT2D eigenvalue weighted by Gasteiger charge is -2.04. The number of unbranched alkanes of at least 4 members (excludes halogenated alkanes) is 3. The van der Waals surface area contributed by atoms with Crippen LogP contribution in [-0.2, 0) is 4.74 Å². The summed E-state index contributed by atoms with van der Waals surface area (Å²) in [5.41, 5.74) is 0.537. The van der Waals surface area contributed by atoms with Gasteiger partial charge in [-0.15, -0.1) is 11.6 Å². The van der Waals surface area contributed by atoms with Gasteiger partial charge in [0.15, 0.2) is 0 Å². The molecule has 0 N–H and O–H groups in total. The fourth-order valence-electron chi connectivity index (χ4n) is 1.38. The van der Waals surface area contributed by atoms with Gasteiger partial charge in [0.05, 0.1) is 12.2 Å². The molecule has 0 heterocycles. The summed E-state index contributed by atoms with van der Waals surface area (Å²) in [5.74, 6) is 0.406. The molecule has 0 saturated carbocycles. The topological polar surface area (TPSA) is 26.3 Å². The first-order chi connectivity index (χ1) is 8.24.